The molecule has 2 aromatic carbocycles. The summed E-state index contributed by atoms with van der Waals surface area (Å²) >= 11 is 0. The Hall–Kier alpha value is -2.78. The van der Waals surface area contributed by atoms with Gasteiger partial charge in [-0.15, -0.1) is 0 Å². The molecule has 25 heavy (non-hydrogen) atoms. The van der Waals surface area contributed by atoms with Crippen molar-refractivity contribution in [1.82, 2.24) is 9.80 Å². The van der Waals surface area contributed by atoms with Crippen LogP contribution in [0.25, 0.3) is 0 Å². The summed E-state index contributed by atoms with van der Waals surface area (Å²) < 4.78 is 27.0. The average molecular weight is 341 g/mol. The van der Waals surface area contributed by atoms with E-state index in [4.69, 9.17) is 5.26 Å². The van der Waals surface area contributed by atoms with E-state index in [1.165, 1.54) is 0 Å². The summed E-state index contributed by atoms with van der Waals surface area (Å²) in [6.07, 6.45) is 0. The summed E-state index contributed by atoms with van der Waals surface area (Å²) in [6.45, 7) is 2.96. The zero-order chi connectivity index (χ0) is 17.8. The normalized spacial score (nSPS) is 15.0. The molecule has 0 atom stereocenters. The minimum atomic E-state index is -0.702. The molecule has 4 nitrogen and oxygen atoms in total. The van der Waals surface area contributed by atoms with Crippen molar-refractivity contribution in [2.75, 3.05) is 26.2 Å². The van der Waals surface area contributed by atoms with Gasteiger partial charge < -0.3 is 4.90 Å². The second kappa shape index (κ2) is 7.41. The first-order valence-electron chi connectivity index (χ1n) is 8.02. The Morgan fingerprint density at radius 3 is 2.36 bits per heavy atom. The van der Waals surface area contributed by atoms with Crippen LogP contribution >= 0.6 is 0 Å². The first kappa shape index (κ1) is 17.1. The number of hydrogen-bond donors (Lipinski definition) is 0. The van der Waals surface area contributed by atoms with Gasteiger partial charge in [-0.2, -0.15) is 5.26 Å². The lowest BCUT2D eigenvalue weighted by atomic mass is 10.1. The maximum atomic E-state index is 13.8. The molecule has 1 amide bonds. The number of hydrogen-bond acceptors (Lipinski definition) is 3. The van der Waals surface area contributed by atoms with Crippen LogP contribution in [-0.4, -0.2) is 41.9 Å². The van der Waals surface area contributed by atoms with Crippen LogP contribution in [0.4, 0.5) is 8.78 Å². The second-order valence-electron chi connectivity index (χ2n) is 6.00. The number of carbonyl (C=O) groups excluding carboxylic acids is 1. The number of rotatable bonds is 3. The molecule has 0 unspecified atom stereocenters. The maximum Gasteiger partial charge on any atom is 0.257 e. The summed E-state index contributed by atoms with van der Waals surface area (Å²) in [6, 6.07) is 12.4. The van der Waals surface area contributed by atoms with Crippen LogP contribution in [0, 0.1) is 23.0 Å². The third kappa shape index (κ3) is 4.01. The van der Waals surface area contributed by atoms with Crippen LogP contribution in [0.1, 0.15) is 21.5 Å². The lowest BCUT2D eigenvalue weighted by molar-refractivity contribution is 0.0623. The third-order valence-electron chi connectivity index (χ3n) is 4.31. The van der Waals surface area contributed by atoms with Crippen LogP contribution in [0.5, 0.6) is 0 Å². The van der Waals surface area contributed by atoms with E-state index in [0.29, 0.717) is 31.7 Å². The van der Waals surface area contributed by atoms with Gasteiger partial charge in [0.05, 0.1) is 17.2 Å². The van der Waals surface area contributed by atoms with E-state index in [0.717, 1.165) is 30.3 Å². The molecule has 0 aromatic heterocycles. The first-order valence-corrected chi connectivity index (χ1v) is 8.02. The van der Waals surface area contributed by atoms with Crippen LogP contribution < -0.4 is 0 Å². The zero-order valence-electron chi connectivity index (χ0n) is 13.6. The van der Waals surface area contributed by atoms with Gasteiger partial charge in [0.25, 0.3) is 5.91 Å². The standard InChI is InChI=1S/C19H17F2N3O/c20-16-5-6-18(21)17(11-16)19(25)24-9-7-23(8-10-24)13-15-3-1-14(12-22)2-4-15/h1-6,11H,7-10,13H2. The van der Waals surface area contributed by atoms with Gasteiger partial charge in [0, 0.05) is 32.7 Å². The summed E-state index contributed by atoms with van der Waals surface area (Å²) in [5, 5.41) is 8.81. The number of halogens is 2. The number of nitrogens with zero attached hydrogens (tertiary/aromatic N) is 3. The first-order chi connectivity index (χ1) is 12.1. The number of carbonyl (C=O) groups is 1. The van der Waals surface area contributed by atoms with Crippen LogP contribution in [0.3, 0.4) is 0 Å². The van der Waals surface area contributed by atoms with Crippen LogP contribution in [-0.2, 0) is 6.54 Å². The van der Waals surface area contributed by atoms with Gasteiger partial charge >= 0.3 is 0 Å². The minimum Gasteiger partial charge on any atom is -0.336 e. The highest BCUT2D eigenvalue weighted by atomic mass is 19.1. The fourth-order valence-corrected chi connectivity index (χ4v) is 2.88. The lowest BCUT2D eigenvalue weighted by Gasteiger charge is -2.34. The van der Waals surface area contributed by atoms with Gasteiger partial charge in [0.1, 0.15) is 11.6 Å². The molecule has 0 saturated carbocycles. The van der Waals surface area contributed by atoms with Gasteiger partial charge in [-0.3, -0.25) is 9.69 Å². The topological polar surface area (TPSA) is 47.3 Å². The van der Waals surface area contributed by atoms with Crippen LogP contribution in [0.2, 0.25) is 0 Å². The highest BCUT2D eigenvalue weighted by Gasteiger charge is 2.24. The lowest BCUT2D eigenvalue weighted by Crippen LogP contribution is -2.48. The largest absolute Gasteiger partial charge is 0.336 e. The predicted molar refractivity (Wildman–Crippen MR) is 88.7 cm³/mol. The Kier molecular flexibility index (Phi) is 5.05. The summed E-state index contributed by atoms with van der Waals surface area (Å²) in [5.41, 5.74) is 1.49. The average Bonchev–Trinajstić information content (AvgIpc) is 2.64. The minimum absolute atomic E-state index is 0.222. The van der Waals surface area contributed by atoms with Crippen molar-refractivity contribution in [1.29, 1.82) is 5.26 Å². The SMILES string of the molecule is N#Cc1ccc(CN2CCN(C(=O)c3cc(F)ccc3F)CC2)cc1. The Morgan fingerprint density at radius 1 is 1.04 bits per heavy atom. The van der Waals surface area contributed by atoms with Gasteiger partial charge in [-0.1, -0.05) is 12.1 Å². The van der Waals surface area contributed by atoms with Crippen molar-refractivity contribution in [3.63, 3.8) is 0 Å². The smallest absolute Gasteiger partial charge is 0.257 e. The molecule has 6 heteroatoms. The van der Waals surface area contributed by atoms with E-state index in [2.05, 4.69) is 11.0 Å². The molecule has 1 aliphatic rings. The van der Waals surface area contributed by atoms with Crippen molar-refractivity contribution in [2.24, 2.45) is 0 Å². The molecule has 128 valence electrons. The monoisotopic (exact) mass is 341 g/mol. The Bertz CT molecular complexity index is 806. The molecule has 1 heterocycles. The van der Waals surface area contributed by atoms with E-state index in [9.17, 15) is 13.6 Å². The van der Waals surface area contributed by atoms with Crippen LogP contribution in [0.15, 0.2) is 42.5 Å². The quantitative estimate of drug-likeness (QED) is 0.862. The molecule has 0 radical (unpaired) electrons. The van der Waals surface area contributed by atoms with E-state index in [-0.39, 0.29) is 5.56 Å². The number of nitriles is 1. The van der Waals surface area contributed by atoms with Gasteiger partial charge in [-0.25, -0.2) is 8.78 Å². The van der Waals surface area contributed by atoms with E-state index in [1.54, 1.807) is 17.0 Å². The summed E-state index contributed by atoms with van der Waals surface area (Å²) in [7, 11) is 0. The van der Waals surface area contributed by atoms with Gasteiger partial charge in [-0.05, 0) is 35.9 Å². The molecule has 0 spiro atoms. The second-order valence-corrected chi connectivity index (χ2v) is 6.00. The molecular weight excluding hydrogens is 324 g/mol. The molecule has 1 saturated heterocycles. The fraction of sp³-hybridized carbons (Fsp3) is 0.263. The van der Waals surface area contributed by atoms with Crippen molar-refractivity contribution < 1.29 is 13.6 Å². The molecule has 0 N–H and O–H groups in total. The number of amides is 1. The van der Waals surface area contributed by atoms with E-state index < -0.39 is 17.5 Å². The number of piperazine rings is 1. The van der Waals surface area contributed by atoms with Crippen molar-refractivity contribution >= 4 is 5.91 Å². The zero-order valence-corrected chi connectivity index (χ0v) is 13.6. The summed E-state index contributed by atoms with van der Waals surface area (Å²) in [5.74, 6) is -1.80. The third-order valence-corrected chi connectivity index (χ3v) is 4.31. The Labute approximate surface area is 144 Å². The highest BCUT2D eigenvalue weighted by Crippen LogP contribution is 2.15. The van der Waals surface area contributed by atoms with Crippen molar-refractivity contribution in [3.05, 3.63) is 70.8 Å². The van der Waals surface area contributed by atoms with E-state index >= 15 is 0 Å². The maximum absolute atomic E-state index is 13.8. The fourth-order valence-electron chi connectivity index (χ4n) is 2.88. The van der Waals surface area contributed by atoms with Crippen molar-refractivity contribution in [3.8, 4) is 6.07 Å². The molecule has 0 aliphatic carbocycles. The Balaban J connectivity index is 1.58. The molecule has 1 fully saturated rings. The van der Waals surface area contributed by atoms with Gasteiger partial charge in [0.15, 0.2) is 0 Å². The number of benzene rings is 2. The Morgan fingerprint density at radius 2 is 1.72 bits per heavy atom. The molecule has 3 rings (SSSR count). The predicted octanol–water partition coefficient (Wildman–Crippen LogP) is 2.79. The molecule has 0 bridgehead atoms. The molecular formula is C19H17F2N3O. The van der Waals surface area contributed by atoms with Crippen molar-refractivity contribution in [2.45, 2.75) is 6.54 Å². The van der Waals surface area contributed by atoms with Gasteiger partial charge in [0.2, 0.25) is 0 Å². The highest BCUT2D eigenvalue weighted by molar-refractivity contribution is 5.94. The molecule has 2 aromatic rings. The van der Waals surface area contributed by atoms with E-state index in [1.807, 2.05) is 12.1 Å². The summed E-state index contributed by atoms with van der Waals surface area (Å²) in [4.78, 5) is 16.1. The molecule has 1 aliphatic heterocycles.